The van der Waals surface area contributed by atoms with Gasteiger partial charge in [0.2, 0.25) is 0 Å². The van der Waals surface area contributed by atoms with Crippen LogP contribution in [0.25, 0.3) is 0 Å². The van der Waals surface area contributed by atoms with Crippen LogP contribution in [0.15, 0.2) is 28.3 Å². The molecule has 5 heteroatoms. The van der Waals surface area contributed by atoms with Gasteiger partial charge in [-0.25, -0.2) is 0 Å². The number of oxime groups is 1. The highest BCUT2D eigenvalue weighted by Crippen LogP contribution is 2.30. The van der Waals surface area contributed by atoms with Gasteiger partial charge in [0.05, 0.1) is 5.56 Å². The van der Waals surface area contributed by atoms with Crippen molar-refractivity contribution < 1.29 is 5.21 Å². The summed E-state index contributed by atoms with van der Waals surface area (Å²) in [5, 5.41) is 12.2. The van der Waals surface area contributed by atoms with E-state index in [1.54, 1.807) is 11.8 Å². The maximum atomic E-state index is 9.00. The summed E-state index contributed by atoms with van der Waals surface area (Å²) in [6.07, 6.45) is 4.11. The van der Waals surface area contributed by atoms with Crippen LogP contribution in [0.2, 0.25) is 0 Å². The van der Waals surface area contributed by atoms with Crippen LogP contribution < -0.4 is 10.6 Å². The summed E-state index contributed by atoms with van der Waals surface area (Å²) in [5.41, 5.74) is 7.67. The average Bonchev–Trinajstić information content (AvgIpc) is 2.46. The highest BCUT2D eigenvalue weighted by Gasteiger charge is 2.19. The van der Waals surface area contributed by atoms with Crippen LogP contribution in [-0.4, -0.2) is 30.4 Å². The molecule has 0 aromatic heterocycles. The second-order valence-electron chi connectivity index (χ2n) is 4.42. The van der Waals surface area contributed by atoms with E-state index >= 15 is 0 Å². The van der Waals surface area contributed by atoms with Gasteiger partial charge in [0.25, 0.3) is 0 Å². The van der Waals surface area contributed by atoms with Gasteiger partial charge < -0.3 is 15.8 Å². The van der Waals surface area contributed by atoms with Gasteiger partial charge in [-0.05, 0) is 31.2 Å². The van der Waals surface area contributed by atoms with E-state index in [0.29, 0.717) is 6.04 Å². The predicted molar refractivity (Wildman–Crippen MR) is 83.5 cm³/mol. The van der Waals surface area contributed by atoms with Gasteiger partial charge in [-0.2, -0.15) is 0 Å². The zero-order valence-corrected chi connectivity index (χ0v) is 12.9. The number of benzene rings is 1. The molecular formula is C14H23N3OS. The minimum atomic E-state index is 0.165. The molecule has 4 nitrogen and oxygen atoms in total. The van der Waals surface area contributed by atoms with Crippen molar-refractivity contribution in [2.45, 2.75) is 37.6 Å². The highest BCUT2D eigenvalue weighted by molar-refractivity contribution is 7.98. The minimum absolute atomic E-state index is 0.165. The molecule has 1 aromatic rings. The molecule has 3 N–H and O–H groups in total. The first-order chi connectivity index (χ1) is 9.10. The van der Waals surface area contributed by atoms with Crippen molar-refractivity contribution in [3.8, 4) is 0 Å². The summed E-state index contributed by atoms with van der Waals surface area (Å²) in [7, 11) is 2.06. The topological polar surface area (TPSA) is 61.8 Å². The third-order valence-electron chi connectivity index (χ3n) is 3.46. The SMILES string of the molecule is CCC(CC)N(C)c1cccc(SC)c1/C(N)=N/O. The highest BCUT2D eigenvalue weighted by atomic mass is 32.2. The van der Waals surface area contributed by atoms with E-state index in [4.69, 9.17) is 10.9 Å². The molecule has 0 bridgehead atoms. The molecule has 0 amide bonds. The number of hydrogen-bond donors (Lipinski definition) is 2. The van der Waals surface area contributed by atoms with Crippen molar-refractivity contribution >= 4 is 23.3 Å². The molecule has 0 aliphatic heterocycles. The van der Waals surface area contributed by atoms with Crippen molar-refractivity contribution in [2.24, 2.45) is 10.9 Å². The third-order valence-corrected chi connectivity index (χ3v) is 4.24. The van der Waals surface area contributed by atoms with E-state index in [9.17, 15) is 0 Å². The van der Waals surface area contributed by atoms with Crippen LogP contribution in [0.4, 0.5) is 5.69 Å². The molecule has 0 atom stereocenters. The second kappa shape index (κ2) is 7.28. The zero-order chi connectivity index (χ0) is 14.4. The molecule has 0 saturated heterocycles. The Bertz CT molecular complexity index is 444. The quantitative estimate of drug-likeness (QED) is 0.276. The summed E-state index contributed by atoms with van der Waals surface area (Å²) in [4.78, 5) is 3.23. The summed E-state index contributed by atoms with van der Waals surface area (Å²) in [6.45, 7) is 4.35. The van der Waals surface area contributed by atoms with E-state index in [-0.39, 0.29) is 5.84 Å². The fraction of sp³-hybridized carbons (Fsp3) is 0.500. The number of anilines is 1. The first-order valence-corrected chi connectivity index (χ1v) is 7.70. The lowest BCUT2D eigenvalue weighted by atomic mass is 10.1. The minimum Gasteiger partial charge on any atom is -0.409 e. The molecular weight excluding hydrogens is 258 g/mol. The second-order valence-corrected chi connectivity index (χ2v) is 5.27. The molecule has 0 radical (unpaired) electrons. The van der Waals surface area contributed by atoms with Crippen molar-refractivity contribution in [3.63, 3.8) is 0 Å². The van der Waals surface area contributed by atoms with E-state index in [2.05, 4.69) is 31.0 Å². The molecule has 19 heavy (non-hydrogen) atoms. The average molecular weight is 281 g/mol. The van der Waals surface area contributed by atoms with Crippen LogP contribution in [0, 0.1) is 0 Å². The normalized spacial score (nSPS) is 11.9. The van der Waals surface area contributed by atoms with Crippen LogP contribution >= 0.6 is 11.8 Å². The largest absolute Gasteiger partial charge is 0.409 e. The van der Waals surface area contributed by atoms with Gasteiger partial charge in [-0.3, -0.25) is 0 Å². The molecule has 0 heterocycles. The summed E-state index contributed by atoms with van der Waals surface area (Å²) < 4.78 is 0. The molecule has 1 rings (SSSR count). The van der Waals surface area contributed by atoms with Gasteiger partial charge in [0.15, 0.2) is 5.84 Å². The molecule has 0 saturated carbocycles. The van der Waals surface area contributed by atoms with Crippen molar-refractivity contribution in [2.75, 3.05) is 18.2 Å². The Labute approximate surface area is 119 Å². The molecule has 106 valence electrons. The van der Waals surface area contributed by atoms with Gasteiger partial charge >= 0.3 is 0 Å². The van der Waals surface area contributed by atoms with Crippen molar-refractivity contribution in [3.05, 3.63) is 23.8 Å². The standard InChI is InChI=1S/C14H23N3OS/c1-5-10(6-2)17(3)11-8-7-9-12(19-4)13(11)14(15)16-18/h7-10,18H,5-6H2,1-4H3,(H2,15,16). The number of nitrogens with two attached hydrogens (primary N) is 1. The lowest BCUT2D eigenvalue weighted by Crippen LogP contribution is -2.32. The smallest absolute Gasteiger partial charge is 0.173 e. The molecule has 0 aliphatic rings. The first kappa shape index (κ1) is 15.7. The Morgan fingerprint density at radius 2 is 2.05 bits per heavy atom. The Morgan fingerprint density at radius 3 is 2.53 bits per heavy atom. The number of hydrogen-bond acceptors (Lipinski definition) is 4. The van der Waals surface area contributed by atoms with E-state index in [1.807, 2.05) is 24.5 Å². The zero-order valence-electron chi connectivity index (χ0n) is 12.1. The fourth-order valence-corrected chi connectivity index (χ4v) is 2.95. The third kappa shape index (κ3) is 3.35. The van der Waals surface area contributed by atoms with Gasteiger partial charge in [0, 0.05) is 23.7 Å². The Kier molecular flexibility index (Phi) is 6.02. The number of thioether (sulfide) groups is 1. The lowest BCUT2D eigenvalue weighted by Gasteiger charge is -2.30. The van der Waals surface area contributed by atoms with Gasteiger partial charge in [-0.15, -0.1) is 11.8 Å². The molecule has 0 unspecified atom stereocenters. The predicted octanol–water partition coefficient (Wildman–Crippen LogP) is 3.13. The maximum absolute atomic E-state index is 9.00. The Balaban J connectivity index is 3.34. The van der Waals surface area contributed by atoms with Gasteiger partial charge in [0.1, 0.15) is 0 Å². The van der Waals surface area contributed by atoms with Crippen LogP contribution in [0.3, 0.4) is 0 Å². The van der Waals surface area contributed by atoms with Crippen molar-refractivity contribution in [1.29, 1.82) is 0 Å². The summed E-state index contributed by atoms with van der Waals surface area (Å²) >= 11 is 1.60. The van der Waals surface area contributed by atoms with Crippen LogP contribution in [0.1, 0.15) is 32.3 Å². The number of amidine groups is 1. The monoisotopic (exact) mass is 281 g/mol. The number of nitrogens with zero attached hydrogens (tertiary/aromatic N) is 2. The van der Waals surface area contributed by atoms with Crippen LogP contribution in [0.5, 0.6) is 0 Å². The van der Waals surface area contributed by atoms with E-state index in [1.165, 1.54) is 0 Å². The van der Waals surface area contributed by atoms with E-state index in [0.717, 1.165) is 29.0 Å². The van der Waals surface area contributed by atoms with E-state index < -0.39 is 0 Å². The van der Waals surface area contributed by atoms with Gasteiger partial charge in [-0.1, -0.05) is 25.1 Å². The lowest BCUT2D eigenvalue weighted by molar-refractivity contribution is 0.318. The maximum Gasteiger partial charge on any atom is 0.173 e. The Morgan fingerprint density at radius 1 is 1.42 bits per heavy atom. The fourth-order valence-electron chi connectivity index (χ4n) is 2.32. The van der Waals surface area contributed by atoms with Crippen LogP contribution in [-0.2, 0) is 0 Å². The molecule has 0 aliphatic carbocycles. The molecule has 0 fully saturated rings. The Hall–Kier alpha value is -1.36. The van der Waals surface area contributed by atoms with Crippen molar-refractivity contribution in [1.82, 2.24) is 0 Å². The molecule has 1 aromatic carbocycles. The summed E-state index contributed by atoms with van der Waals surface area (Å²) in [6, 6.07) is 6.46. The summed E-state index contributed by atoms with van der Waals surface area (Å²) in [5.74, 6) is 0.165. The molecule has 0 spiro atoms. The number of rotatable bonds is 6. The first-order valence-electron chi connectivity index (χ1n) is 6.48.